The first-order valence-electron chi connectivity index (χ1n) is 28.2. The van der Waals surface area contributed by atoms with Gasteiger partial charge in [-0.3, -0.25) is 28.8 Å². The Hall–Kier alpha value is -7.10. The first-order chi connectivity index (χ1) is 39.8. The summed E-state index contributed by atoms with van der Waals surface area (Å²) in [5, 5.41) is 74.7. The van der Waals surface area contributed by atoms with Gasteiger partial charge in [0.15, 0.2) is 34.7 Å². The van der Waals surface area contributed by atoms with Crippen LogP contribution in [0.5, 0.6) is 0 Å². The number of aliphatic hydroxyl groups is 7. The quantitative estimate of drug-likeness (QED) is 0.0207. The number of hydrogen-bond donors (Lipinski definition) is 7. The molecule has 2 atom stereocenters. The second-order valence-corrected chi connectivity index (χ2v) is 24.8. The fourth-order valence-corrected chi connectivity index (χ4v) is 9.21. The lowest BCUT2D eigenvalue weighted by Gasteiger charge is -2.29. The van der Waals surface area contributed by atoms with Crippen LogP contribution in [0.15, 0.2) is 146 Å². The van der Waals surface area contributed by atoms with Crippen molar-refractivity contribution in [3.8, 4) is 0 Å². The molecular formula is C69H80O17. The van der Waals surface area contributed by atoms with E-state index in [1.165, 1.54) is 83.1 Å². The van der Waals surface area contributed by atoms with Crippen molar-refractivity contribution in [3.63, 3.8) is 0 Å². The predicted octanol–water partition coefficient (Wildman–Crippen LogP) is 8.87. The molecule has 0 aliphatic heterocycles. The van der Waals surface area contributed by atoms with Gasteiger partial charge in [0.05, 0.1) is 26.4 Å². The van der Waals surface area contributed by atoms with Crippen LogP contribution in [0.2, 0.25) is 0 Å². The Balaban J connectivity index is 1.37. The first kappa shape index (κ1) is 68.0. The molecule has 0 aliphatic rings. The molecule has 0 aliphatic carbocycles. The largest absolute Gasteiger partial charge is 0.388 e. The Morgan fingerprint density at radius 2 is 0.500 bits per heavy atom. The van der Waals surface area contributed by atoms with Crippen LogP contribution in [-0.4, -0.2) is 143 Å². The summed E-state index contributed by atoms with van der Waals surface area (Å²) in [7, 11) is 0. The Morgan fingerprint density at radius 3 is 0.709 bits per heavy atom. The van der Waals surface area contributed by atoms with Crippen LogP contribution in [-0.2, 0) is 18.9 Å². The minimum Gasteiger partial charge on any atom is -0.388 e. The minimum atomic E-state index is -1.68. The molecule has 0 saturated carbocycles. The van der Waals surface area contributed by atoms with Crippen molar-refractivity contribution in [2.45, 2.75) is 147 Å². The highest BCUT2D eigenvalue weighted by Gasteiger charge is 2.33. The molecule has 17 nitrogen and oxygen atoms in total. The van der Waals surface area contributed by atoms with Crippen molar-refractivity contribution in [1.82, 2.24) is 0 Å². The minimum absolute atomic E-state index is 0.219. The highest BCUT2D eigenvalue weighted by molar-refractivity contribution is 6.04. The summed E-state index contributed by atoms with van der Waals surface area (Å²) in [6, 6.07) is 38.5. The third kappa shape index (κ3) is 18.0. The Kier molecular flexibility index (Phi) is 21.6. The molecular weight excluding hydrogens is 1100 g/mol. The van der Waals surface area contributed by atoms with Crippen molar-refractivity contribution in [2.75, 3.05) is 26.4 Å². The molecule has 0 heterocycles. The maximum atomic E-state index is 13.2. The summed E-state index contributed by atoms with van der Waals surface area (Å²) >= 11 is 0. The molecule has 6 rings (SSSR count). The van der Waals surface area contributed by atoms with Crippen LogP contribution in [0.1, 0.15) is 197 Å². The fraction of sp³-hybridized carbons (Fsp3) is 0.391. The molecule has 6 aromatic carbocycles. The average molecular weight is 1180 g/mol. The number of ether oxygens (including phenoxy) is 4. The molecule has 0 aromatic heterocycles. The Labute approximate surface area is 502 Å². The summed E-state index contributed by atoms with van der Waals surface area (Å²) < 4.78 is 26.5. The van der Waals surface area contributed by atoms with E-state index in [2.05, 4.69) is 0 Å². The van der Waals surface area contributed by atoms with Gasteiger partial charge in [0.2, 0.25) is 0 Å². The third-order valence-corrected chi connectivity index (χ3v) is 14.0. The molecule has 2 unspecified atom stereocenters. The van der Waals surface area contributed by atoms with Gasteiger partial charge < -0.3 is 54.7 Å². The second-order valence-electron chi connectivity index (χ2n) is 24.8. The molecule has 0 fully saturated rings. The summed E-state index contributed by atoms with van der Waals surface area (Å²) in [5.74, 6) is -3.10. The molecule has 0 bridgehead atoms. The van der Waals surface area contributed by atoms with E-state index in [4.69, 9.17) is 18.9 Å². The monoisotopic (exact) mass is 1180 g/mol. The van der Waals surface area contributed by atoms with Gasteiger partial charge in [-0.25, -0.2) is 0 Å². The van der Waals surface area contributed by atoms with E-state index in [0.717, 1.165) is 0 Å². The van der Waals surface area contributed by atoms with Crippen molar-refractivity contribution in [1.29, 1.82) is 0 Å². The number of rotatable bonds is 30. The van der Waals surface area contributed by atoms with Crippen LogP contribution in [0.25, 0.3) is 0 Å². The number of hydrogen-bond acceptors (Lipinski definition) is 17. The molecule has 17 heteroatoms. The lowest BCUT2D eigenvalue weighted by molar-refractivity contribution is -0.105. The van der Waals surface area contributed by atoms with Crippen molar-refractivity contribution in [3.05, 3.63) is 212 Å². The van der Waals surface area contributed by atoms with E-state index in [1.807, 2.05) is 0 Å². The molecule has 7 N–H and O–H groups in total. The van der Waals surface area contributed by atoms with E-state index < -0.39 is 98.8 Å². The highest BCUT2D eigenvalue weighted by atomic mass is 16.6. The number of ketones is 6. The molecule has 86 heavy (non-hydrogen) atoms. The Bertz CT molecular complexity index is 3100. The van der Waals surface area contributed by atoms with E-state index in [-0.39, 0.29) is 59.8 Å². The summed E-state index contributed by atoms with van der Waals surface area (Å²) in [5.41, 5.74) is -5.30. The average Bonchev–Trinajstić information content (AvgIpc) is 1.80. The number of benzene rings is 6. The number of aliphatic hydroxyl groups excluding tert-OH is 1. The summed E-state index contributed by atoms with van der Waals surface area (Å²) in [6.45, 7) is 15.5. The molecule has 0 radical (unpaired) electrons. The number of carbonyl (C=O) groups is 6. The maximum absolute atomic E-state index is 13.2. The fourth-order valence-electron chi connectivity index (χ4n) is 9.21. The van der Waals surface area contributed by atoms with Gasteiger partial charge in [-0.2, -0.15) is 0 Å². The lowest BCUT2D eigenvalue weighted by Crippen LogP contribution is -2.32. The van der Waals surface area contributed by atoms with Gasteiger partial charge in [-0.05, 0) is 116 Å². The van der Waals surface area contributed by atoms with Crippen LogP contribution in [0, 0.1) is 0 Å². The first-order valence-corrected chi connectivity index (χ1v) is 28.2. The maximum Gasteiger partial charge on any atom is 0.193 e. The summed E-state index contributed by atoms with van der Waals surface area (Å²) in [6.07, 6.45) is -5.08. The normalized spacial score (nSPS) is 13.5. The zero-order chi connectivity index (χ0) is 63.9. The van der Waals surface area contributed by atoms with Gasteiger partial charge in [-0.15, -0.1) is 0 Å². The second kappa shape index (κ2) is 27.3. The van der Waals surface area contributed by atoms with Crippen molar-refractivity contribution in [2.24, 2.45) is 0 Å². The van der Waals surface area contributed by atoms with E-state index in [9.17, 15) is 64.5 Å². The zero-order valence-corrected chi connectivity index (χ0v) is 50.8. The van der Waals surface area contributed by atoms with Crippen molar-refractivity contribution < 1.29 is 83.5 Å². The molecule has 0 amide bonds. The standard InChI is InChI=1S/C69H80O17/c1-64(2,77)58(71)47-25-13-41(14-26-47)55(42-15-27-48(28-16-42)59(72)65(3,4)78)84-38-53(70)37-83-39-54(86-57(45-21-33-51(34-22-45)62(75)68(9,10)81)46-23-35-52(36-24-46)63(76)69(11,12)82)40-85-56(43-17-29-49(30-18-43)60(73)66(5,6)79)44-19-31-50(32-20-44)61(74)67(7,8)80/h13-36,53-57,70,77-82H,37-40H2,1-12H3. The topological polar surface area (TPSA) is 281 Å². The summed E-state index contributed by atoms with van der Waals surface area (Å²) in [4.78, 5) is 78.5. The van der Waals surface area contributed by atoms with Gasteiger partial charge in [0.25, 0.3) is 0 Å². The van der Waals surface area contributed by atoms with Gasteiger partial charge >= 0.3 is 0 Å². The highest BCUT2D eigenvalue weighted by Crippen LogP contribution is 2.34. The van der Waals surface area contributed by atoms with Gasteiger partial charge in [0.1, 0.15) is 64.1 Å². The van der Waals surface area contributed by atoms with Crippen molar-refractivity contribution >= 4 is 34.7 Å². The smallest absolute Gasteiger partial charge is 0.193 e. The van der Waals surface area contributed by atoms with Crippen LogP contribution in [0.3, 0.4) is 0 Å². The zero-order valence-electron chi connectivity index (χ0n) is 50.8. The molecule has 0 spiro atoms. The van der Waals surface area contributed by atoms with Gasteiger partial charge in [0, 0.05) is 33.4 Å². The lowest BCUT2D eigenvalue weighted by atomic mass is 9.92. The van der Waals surface area contributed by atoms with Crippen LogP contribution >= 0.6 is 0 Å². The van der Waals surface area contributed by atoms with Crippen LogP contribution < -0.4 is 0 Å². The van der Waals surface area contributed by atoms with E-state index in [0.29, 0.717) is 33.4 Å². The van der Waals surface area contributed by atoms with E-state index in [1.54, 1.807) is 146 Å². The van der Waals surface area contributed by atoms with Crippen LogP contribution in [0.4, 0.5) is 0 Å². The van der Waals surface area contributed by atoms with E-state index >= 15 is 0 Å². The molecule has 6 aromatic rings. The number of Topliss-reactive ketones (excluding diaryl/α,β-unsaturated/α-hetero) is 6. The van der Waals surface area contributed by atoms with Gasteiger partial charge in [-0.1, -0.05) is 146 Å². The molecule has 458 valence electrons. The SMILES string of the molecule is CC(C)(O)C(=O)c1ccc(C(OCC(O)COCC(COC(c2ccc(C(=O)C(C)(C)O)cc2)c2ccc(C(=O)C(C)(C)O)cc2)OC(c2ccc(C(=O)C(C)(C)O)cc2)c2ccc(C(=O)C(C)(C)O)cc2)c2ccc(C(=O)C(C)(C)O)cc2)cc1. The number of carbonyl (C=O) groups excluding carboxylic acids is 6. The Morgan fingerprint density at radius 1 is 0.302 bits per heavy atom. The molecule has 0 saturated heterocycles. The predicted molar refractivity (Wildman–Crippen MR) is 322 cm³/mol. The third-order valence-electron chi connectivity index (χ3n) is 14.0.